The number of fused-ring (bicyclic) bond motifs is 1. The van der Waals surface area contributed by atoms with Crippen LogP contribution < -0.4 is 9.21 Å². The minimum Gasteiger partial charge on any atom is -0.310 e. The molecule has 2 aromatic carbocycles. The van der Waals surface area contributed by atoms with Gasteiger partial charge < -0.3 is 4.90 Å². The van der Waals surface area contributed by atoms with Crippen LogP contribution in [0.3, 0.4) is 0 Å². The number of rotatable bonds is 6. The normalized spacial score (nSPS) is 13.5. The number of sulfonamides is 1. The quantitative estimate of drug-likeness (QED) is 0.766. The van der Waals surface area contributed by atoms with Crippen molar-refractivity contribution in [3.8, 4) is 0 Å². The van der Waals surface area contributed by atoms with Crippen molar-refractivity contribution in [1.29, 1.82) is 0 Å². The smallest absolute Gasteiger partial charge is 0.247 e. The summed E-state index contributed by atoms with van der Waals surface area (Å²) in [6.45, 7) is 4.40. The maximum atomic E-state index is 13.1. The van der Waals surface area contributed by atoms with Gasteiger partial charge in [-0.2, -0.15) is 0 Å². The van der Waals surface area contributed by atoms with Crippen molar-refractivity contribution in [3.05, 3.63) is 59.2 Å². The van der Waals surface area contributed by atoms with Crippen molar-refractivity contribution in [2.45, 2.75) is 33.1 Å². The van der Waals surface area contributed by atoms with Crippen LogP contribution in [0.25, 0.3) is 0 Å². The molecule has 1 heterocycles. The number of carbonyl (C=O) groups is 1. The fourth-order valence-corrected chi connectivity index (χ4v) is 4.61. The molecular formula is C21H26N2O3S. The molecule has 0 fully saturated rings. The number of hydrogen-bond donors (Lipinski definition) is 0. The number of para-hydroxylation sites is 2. The molecule has 0 spiro atoms. The standard InChI is InChI=1S/C21H26N2O3S/c1-4-16-10-8-11-17(5-2)21(16)23(27(3,25)26)15-20(24)22-14-13-18-9-6-7-12-19(18)22/h6-12H,4-5,13-15H2,1-3H3. The van der Waals surface area contributed by atoms with Crippen LogP contribution in [0.15, 0.2) is 42.5 Å². The molecule has 0 saturated carbocycles. The third-order valence-corrected chi connectivity index (χ3v) is 6.19. The van der Waals surface area contributed by atoms with Gasteiger partial charge in [-0.1, -0.05) is 50.2 Å². The third-order valence-electron chi connectivity index (χ3n) is 5.08. The summed E-state index contributed by atoms with van der Waals surface area (Å²) in [6, 6.07) is 13.6. The van der Waals surface area contributed by atoms with E-state index in [0.29, 0.717) is 25.1 Å². The molecule has 144 valence electrons. The van der Waals surface area contributed by atoms with Crippen LogP contribution in [0.5, 0.6) is 0 Å². The van der Waals surface area contributed by atoms with E-state index in [4.69, 9.17) is 0 Å². The molecule has 0 aliphatic carbocycles. The Morgan fingerprint density at radius 1 is 1.04 bits per heavy atom. The van der Waals surface area contributed by atoms with E-state index in [2.05, 4.69) is 0 Å². The Balaban J connectivity index is 1.98. The van der Waals surface area contributed by atoms with Crippen LogP contribution in [-0.4, -0.2) is 33.7 Å². The van der Waals surface area contributed by atoms with E-state index in [-0.39, 0.29) is 12.5 Å². The van der Waals surface area contributed by atoms with Crippen LogP contribution in [0.4, 0.5) is 11.4 Å². The van der Waals surface area contributed by atoms with Crippen LogP contribution in [0.1, 0.15) is 30.5 Å². The molecule has 0 bridgehead atoms. The highest BCUT2D eigenvalue weighted by Crippen LogP contribution is 2.31. The highest BCUT2D eigenvalue weighted by molar-refractivity contribution is 7.92. The van der Waals surface area contributed by atoms with Gasteiger partial charge in [-0.3, -0.25) is 9.10 Å². The van der Waals surface area contributed by atoms with Crippen molar-refractivity contribution in [3.63, 3.8) is 0 Å². The molecule has 0 saturated heterocycles. The van der Waals surface area contributed by atoms with Gasteiger partial charge in [0.25, 0.3) is 0 Å². The number of hydrogen-bond acceptors (Lipinski definition) is 3. The van der Waals surface area contributed by atoms with Gasteiger partial charge >= 0.3 is 0 Å². The fourth-order valence-electron chi connectivity index (χ4n) is 3.70. The maximum Gasteiger partial charge on any atom is 0.247 e. The van der Waals surface area contributed by atoms with E-state index in [1.54, 1.807) is 4.90 Å². The maximum absolute atomic E-state index is 13.1. The van der Waals surface area contributed by atoms with Gasteiger partial charge in [-0.25, -0.2) is 8.42 Å². The molecule has 0 atom stereocenters. The number of aryl methyl sites for hydroxylation is 2. The average Bonchev–Trinajstić information content (AvgIpc) is 3.08. The van der Waals surface area contributed by atoms with E-state index in [0.717, 1.165) is 28.8 Å². The minimum atomic E-state index is -3.60. The molecule has 0 aromatic heterocycles. The van der Waals surface area contributed by atoms with E-state index in [1.165, 1.54) is 10.6 Å². The first kappa shape index (κ1) is 19.4. The fraction of sp³-hybridized carbons (Fsp3) is 0.381. The largest absolute Gasteiger partial charge is 0.310 e. The first-order valence-corrected chi connectivity index (χ1v) is 11.2. The van der Waals surface area contributed by atoms with Crippen LogP contribution in [0.2, 0.25) is 0 Å². The molecule has 1 aliphatic rings. The van der Waals surface area contributed by atoms with Gasteiger partial charge in [0.1, 0.15) is 6.54 Å². The van der Waals surface area contributed by atoms with E-state index in [1.807, 2.05) is 56.3 Å². The summed E-state index contributed by atoms with van der Waals surface area (Å²) in [7, 11) is -3.60. The molecule has 27 heavy (non-hydrogen) atoms. The number of nitrogens with zero attached hydrogens (tertiary/aromatic N) is 2. The zero-order valence-electron chi connectivity index (χ0n) is 16.1. The second-order valence-corrected chi connectivity index (χ2v) is 8.73. The Bertz CT molecular complexity index is 931. The lowest BCUT2D eigenvalue weighted by atomic mass is 10.0. The van der Waals surface area contributed by atoms with Gasteiger partial charge in [-0.15, -0.1) is 0 Å². The van der Waals surface area contributed by atoms with E-state index < -0.39 is 10.0 Å². The number of anilines is 2. The van der Waals surface area contributed by atoms with Crippen LogP contribution in [-0.2, 0) is 34.1 Å². The molecule has 0 radical (unpaired) electrons. The van der Waals surface area contributed by atoms with Crippen molar-refractivity contribution in [2.24, 2.45) is 0 Å². The van der Waals surface area contributed by atoms with Gasteiger partial charge in [0.15, 0.2) is 0 Å². The van der Waals surface area contributed by atoms with E-state index in [9.17, 15) is 13.2 Å². The summed E-state index contributed by atoms with van der Waals surface area (Å²) in [5, 5.41) is 0. The van der Waals surface area contributed by atoms with Crippen molar-refractivity contribution in [1.82, 2.24) is 0 Å². The molecule has 2 aromatic rings. The molecule has 0 unspecified atom stereocenters. The molecule has 6 heteroatoms. The second kappa shape index (κ2) is 7.72. The molecule has 1 amide bonds. The summed E-state index contributed by atoms with van der Waals surface area (Å²) >= 11 is 0. The Morgan fingerprint density at radius 2 is 1.67 bits per heavy atom. The van der Waals surface area contributed by atoms with Crippen LogP contribution >= 0.6 is 0 Å². The van der Waals surface area contributed by atoms with Gasteiger partial charge in [0.05, 0.1) is 11.9 Å². The highest BCUT2D eigenvalue weighted by Gasteiger charge is 2.30. The van der Waals surface area contributed by atoms with Gasteiger partial charge in [0, 0.05) is 12.2 Å². The third kappa shape index (κ3) is 3.86. The summed E-state index contributed by atoms with van der Waals surface area (Å²) < 4.78 is 26.5. The summed E-state index contributed by atoms with van der Waals surface area (Å²) in [4.78, 5) is 14.8. The first-order chi connectivity index (χ1) is 12.9. The Kier molecular flexibility index (Phi) is 5.56. The molecule has 0 N–H and O–H groups in total. The molecular weight excluding hydrogens is 360 g/mol. The predicted molar refractivity (Wildman–Crippen MR) is 110 cm³/mol. The zero-order valence-corrected chi connectivity index (χ0v) is 16.9. The number of carbonyl (C=O) groups excluding carboxylic acids is 1. The van der Waals surface area contributed by atoms with Crippen molar-refractivity contribution < 1.29 is 13.2 Å². The zero-order chi connectivity index (χ0) is 19.6. The second-order valence-electron chi connectivity index (χ2n) is 6.83. The minimum absolute atomic E-state index is 0.183. The lowest BCUT2D eigenvalue weighted by Crippen LogP contribution is -2.43. The van der Waals surface area contributed by atoms with Gasteiger partial charge in [-0.05, 0) is 42.0 Å². The molecule has 1 aliphatic heterocycles. The monoisotopic (exact) mass is 386 g/mol. The first-order valence-electron chi connectivity index (χ1n) is 9.33. The van der Waals surface area contributed by atoms with E-state index >= 15 is 0 Å². The SMILES string of the molecule is CCc1cccc(CC)c1N(CC(=O)N1CCc2ccccc21)S(C)(=O)=O. The van der Waals surface area contributed by atoms with Gasteiger partial charge in [0.2, 0.25) is 15.9 Å². The van der Waals surface area contributed by atoms with Crippen molar-refractivity contribution in [2.75, 3.05) is 28.6 Å². The average molecular weight is 387 g/mol. The Labute approximate surface area is 161 Å². The Morgan fingerprint density at radius 3 is 2.26 bits per heavy atom. The summed E-state index contributed by atoms with van der Waals surface area (Å²) in [5.74, 6) is -0.196. The predicted octanol–water partition coefficient (Wildman–Crippen LogP) is 3.17. The topological polar surface area (TPSA) is 57.7 Å². The molecule has 5 nitrogen and oxygen atoms in total. The lowest BCUT2D eigenvalue weighted by molar-refractivity contribution is -0.117. The lowest BCUT2D eigenvalue weighted by Gasteiger charge is -2.28. The summed E-state index contributed by atoms with van der Waals surface area (Å²) in [5.41, 5.74) is 4.55. The van der Waals surface area contributed by atoms with Crippen LogP contribution in [0, 0.1) is 0 Å². The highest BCUT2D eigenvalue weighted by atomic mass is 32.2. The number of benzene rings is 2. The Hall–Kier alpha value is -2.34. The molecule has 3 rings (SSSR count). The number of amides is 1. The summed E-state index contributed by atoms with van der Waals surface area (Å²) in [6.07, 6.45) is 3.38. The van der Waals surface area contributed by atoms with Crippen molar-refractivity contribution >= 4 is 27.3 Å².